The molecule has 2 nitrogen and oxygen atoms in total. The zero-order valence-electron chi connectivity index (χ0n) is 9.73. The van der Waals surface area contributed by atoms with Crippen LogP contribution < -0.4 is 10.9 Å². The van der Waals surface area contributed by atoms with Gasteiger partial charge in [-0.1, -0.05) is 0 Å². The van der Waals surface area contributed by atoms with Gasteiger partial charge in [0.1, 0.15) is 0 Å². The minimum atomic E-state index is -0.00253. The van der Waals surface area contributed by atoms with Crippen molar-refractivity contribution in [3.8, 4) is 0 Å². The lowest BCUT2D eigenvalue weighted by molar-refractivity contribution is 1.54. The average Bonchev–Trinajstić information content (AvgIpc) is 2.78. The smallest absolute Gasteiger partial charge is 0.200 e. The van der Waals surface area contributed by atoms with Gasteiger partial charge in [-0.15, -0.1) is 0 Å². The van der Waals surface area contributed by atoms with Crippen molar-refractivity contribution in [2.75, 3.05) is 0 Å². The summed E-state index contributed by atoms with van der Waals surface area (Å²) in [6.07, 6.45) is 0. The Morgan fingerprint density at radius 2 is 1.11 bits per heavy atom. The van der Waals surface area contributed by atoms with Crippen molar-refractivity contribution >= 4 is 53.4 Å². The van der Waals surface area contributed by atoms with Crippen molar-refractivity contribution in [2.24, 2.45) is 0 Å². The highest BCUT2D eigenvalue weighted by molar-refractivity contribution is 9.10. The summed E-state index contributed by atoms with van der Waals surface area (Å²) >= 11 is 6.54. The molecular formula is C14H8Br2O2. The van der Waals surface area contributed by atoms with E-state index < -0.39 is 0 Å². The molecule has 0 amide bonds. The van der Waals surface area contributed by atoms with Crippen molar-refractivity contribution < 1.29 is 0 Å². The fourth-order valence-electron chi connectivity index (χ4n) is 2.62. The van der Waals surface area contributed by atoms with Gasteiger partial charge >= 0.3 is 0 Å². The number of hydrogen-bond donors (Lipinski definition) is 0. The highest BCUT2D eigenvalue weighted by atomic mass is 79.9. The molecule has 4 heteroatoms. The van der Waals surface area contributed by atoms with Crippen LogP contribution in [0.25, 0.3) is 21.5 Å². The predicted molar refractivity (Wildman–Crippen MR) is 81.2 cm³/mol. The van der Waals surface area contributed by atoms with Gasteiger partial charge in [0, 0.05) is 10.8 Å². The van der Waals surface area contributed by atoms with Gasteiger partial charge < -0.3 is 0 Å². The van der Waals surface area contributed by atoms with Crippen molar-refractivity contribution in [3.05, 3.63) is 52.7 Å². The third-order valence-electron chi connectivity index (χ3n) is 3.53. The van der Waals surface area contributed by atoms with Crippen LogP contribution in [0.3, 0.4) is 0 Å². The first-order chi connectivity index (χ1) is 8.43. The first-order valence-corrected chi connectivity index (χ1v) is 7.03. The minimum Gasteiger partial charge on any atom is -0.288 e. The summed E-state index contributed by atoms with van der Waals surface area (Å²) in [6, 6.07) is 3.61. The van der Waals surface area contributed by atoms with Crippen LogP contribution in [-0.4, -0.2) is 0 Å². The molecule has 0 spiro atoms. The molecule has 3 aromatic carbocycles. The molecule has 0 heterocycles. The van der Waals surface area contributed by atoms with Crippen LogP contribution in [0, 0.1) is 13.8 Å². The monoisotopic (exact) mass is 366 g/mol. The molecule has 0 unspecified atom stereocenters. The third kappa shape index (κ3) is 1.33. The maximum Gasteiger partial charge on any atom is 0.200 e. The predicted octanol–water partition coefficient (Wildman–Crippen LogP) is 3.73. The molecule has 0 bridgehead atoms. The fraction of sp³-hybridized carbons (Fsp3) is 0.143. The molecule has 0 fully saturated rings. The summed E-state index contributed by atoms with van der Waals surface area (Å²) in [5.74, 6) is 0. The SMILES string of the molecule is Cc1c2cc(Br)c(=O)c2c(C)c2cc(Br)c(=O)c12. The average molecular weight is 368 g/mol. The van der Waals surface area contributed by atoms with Gasteiger partial charge in [0.2, 0.25) is 10.9 Å². The lowest BCUT2D eigenvalue weighted by Gasteiger charge is -2.03. The third-order valence-corrected chi connectivity index (χ3v) is 4.70. The molecule has 0 aromatic heterocycles. The van der Waals surface area contributed by atoms with Crippen LogP contribution in [0.5, 0.6) is 0 Å². The van der Waals surface area contributed by atoms with E-state index in [9.17, 15) is 9.59 Å². The van der Waals surface area contributed by atoms with E-state index in [4.69, 9.17) is 0 Å². The van der Waals surface area contributed by atoms with E-state index >= 15 is 0 Å². The first kappa shape index (κ1) is 12.1. The number of fused-ring (bicyclic) bond motifs is 2. The molecule has 90 valence electrons. The molecule has 0 radical (unpaired) electrons. The standard InChI is InChI=1S/C14H8Br2O2/c1-5-7-3-9(15)14(18)12(7)6(2)8-4-10(16)13(17)11(5)8/h3-4H,1-2H3. The van der Waals surface area contributed by atoms with E-state index in [2.05, 4.69) is 31.9 Å². The zero-order valence-corrected chi connectivity index (χ0v) is 12.9. The number of aryl methyl sites for hydroxylation is 2. The lowest BCUT2D eigenvalue weighted by Crippen LogP contribution is -2.00. The molecule has 18 heavy (non-hydrogen) atoms. The van der Waals surface area contributed by atoms with E-state index in [1.807, 2.05) is 13.8 Å². The Morgan fingerprint density at radius 3 is 1.44 bits per heavy atom. The van der Waals surface area contributed by atoms with Crippen LogP contribution in [0.2, 0.25) is 0 Å². The van der Waals surface area contributed by atoms with Crippen molar-refractivity contribution in [2.45, 2.75) is 13.8 Å². The summed E-state index contributed by atoms with van der Waals surface area (Å²) in [5, 5.41) is 3.16. The number of benzene rings is 1. The van der Waals surface area contributed by atoms with E-state index in [0.29, 0.717) is 19.7 Å². The topological polar surface area (TPSA) is 34.1 Å². The molecule has 3 aromatic rings. The second-order valence-corrected chi connectivity index (χ2v) is 6.18. The van der Waals surface area contributed by atoms with Crippen LogP contribution in [0.4, 0.5) is 0 Å². The summed E-state index contributed by atoms with van der Waals surface area (Å²) in [5.41, 5.74) is 1.75. The van der Waals surface area contributed by atoms with Crippen LogP contribution in [0.1, 0.15) is 11.1 Å². The maximum absolute atomic E-state index is 12.1. The summed E-state index contributed by atoms with van der Waals surface area (Å²) in [6.45, 7) is 3.79. The Bertz CT molecular complexity index is 824. The van der Waals surface area contributed by atoms with Gasteiger partial charge in [0.15, 0.2) is 0 Å². The molecule has 0 saturated heterocycles. The Kier molecular flexibility index (Phi) is 2.51. The van der Waals surface area contributed by atoms with Gasteiger partial charge in [-0.3, -0.25) is 9.59 Å². The molecular weight excluding hydrogens is 360 g/mol. The molecule has 0 saturated carbocycles. The highest BCUT2D eigenvalue weighted by Crippen LogP contribution is 2.33. The van der Waals surface area contributed by atoms with Gasteiger partial charge in [-0.25, -0.2) is 0 Å². The van der Waals surface area contributed by atoms with E-state index in [0.717, 1.165) is 21.9 Å². The molecule has 0 N–H and O–H groups in total. The Labute approximate surface area is 120 Å². The minimum absolute atomic E-state index is 0.00253. The second-order valence-electron chi connectivity index (χ2n) is 4.47. The highest BCUT2D eigenvalue weighted by Gasteiger charge is 2.18. The quantitative estimate of drug-likeness (QED) is 0.606. The van der Waals surface area contributed by atoms with Crippen molar-refractivity contribution in [1.82, 2.24) is 0 Å². The Balaban J connectivity index is 2.78. The second kappa shape index (κ2) is 3.75. The summed E-state index contributed by atoms with van der Waals surface area (Å²) in [7, 11) is 0. The van der Waals surface area contributed by atoms with Crippen molar-refractivity contribution in [1.29, 1.82) is 0 Å². The lowest BCUT2D eigenvalue weighted by atomic mass is 9.99. The van der Waals surface area contributed by atoms with Gasteiger partial charge in [0.05, 0.1) is 8.95 Å². The first-order valence-electron chi connectivity index (χ1n) is 5.44. The van der Waals surface area contributed by atoms with Gasteiger partial charge in [0.25, 0.3) is 0 Å². The fourth-order valence-corrected chi connectivity index (χ4v) is 3.47. The van der Waals surface area contributed by atoms with Crippen LogP contribution >= 0.6 is 31.9 Å². The van der Waals surface area contributed by atoms with Gasteiger partial charge in [-0.05, 0) is 79.7 Å². The summed E-state index contributed by atoms with van der Waals surface area (Å²) in [4.78, 5) is 24.2. The molecule has 0 aliphatic heterocycles. The van der Waals surface area contributed by atoms with E-state index in [1.54, 1.807) is 12.1 Å². The maximum atomic E-state index is 12.1. The summed E-state index contributed by atoms with van der Waals surface area (Å²) < 4.78 is 1.12. The Hall–Kier alpha value is -1.00. The largest absolute Gasteiger partial charge is 0.288 e. The number of halogens is 2. The molecule has 3 rings (SSSR count). The molecule has 0 atom stereocenters. The van der Waals surface area contributed by atoms with Crippen molar-refractivity contribution in [3.63, 3.8) is 0 Å². The molecule has 0 aliphatic carbocycles. The number of hydrogen-bond acceptors (Lipinski definition) is 2. The van der Waals surface area contributed by atoms with Gasteiger partial charge in [-0.2, -0.15) is 0 Å². The Morgan fingerprint density at radius 1 is 0.778 bits per heavy atom. The normalized spacial score (nSPS) is 11.8. The van der Waals surface area contributed by atoms with E-state index in [-0.39, 0.29) is 10.9 Å². The van der Waals surface area contributed by atoms with E-state index in [1.165, 1.54) is 0 Å². The van der Waals surface area contributed by atoms with Crippen LogP contribution in [0.15, 0.2) is 30.7 Å². The zero-order chi connectivity index (χ0) is 13.2. The molecule has 0 aliphatic rings. The van der Waals surface area contributed by atoms with Crippen LogP contribution in [-0.2, 0) is 0 Å². The number of rotatable bonds is 0.